The van der Waals surface area contributed by atoms with Gasteiger partial charge >= 0.3 is 0 Å². The second kappa shape index (κ2) is 19.0. The third-order valence-corrected chi connectivity index (χ3v) is 4.46. The molecule has 0 amide bonds. The van der Waals surface area contributed by atoms with E-state index in [0.717, 1.165) is 6.42 Å². The third kappa shape index (κ3) is 18.0. The van der Waals surface area contributed by atoms with E-state index < -0.39 is 0 Å². The number of aliphatic hydroxyl groups is 1. The Kier molecular flexibility index (Phi) is 18.9. The van der Waals surface area contributed by atoms with Crippen LogP contribution in [0, 0.1) is 0 Å². The van der Waals surface area contributed by atoms with E-state index in [-0.39, 0.29) is 6.61 Å². The van der Waals surface area contributed by atoms with Crippen molar-refractivity contribution < 1.29 is 9.84 Å². The summed E-state index contributed by atoms with van der Waals surface area (Å²) in [4.78, 5) is 0. The van der Waals surface area contributed by atoms with Crippen LogP contribution in [-0.4, -0.2) is 24.4 Å². The van der Waals surface area contributed by atoms with Gasteiger partial charge in [-0.3, -0.25) is 0 Å². The normalized spacial score (nSPS) is 12.7. The van der Waals surface area contributed by atoms with E-state index in [1.165, 1.54) is 89.9 Å². The Labute approximate surface area is 140 Å². The topological polar surface area (TPSA) is 29.5 Å². The van der Waals surface area contributed by atoms with Crippen LogP contribution < -0.4 is 0 Å². The summed E-state index contributed by atoms with van der Waals surface area (Å²) in [5, 5.41) is 8.68. The number of rotatable bonds is 18. The molecule has 22 heavy (non-hydrogen) atoms. The lowest BCUT2D eigenvalue weighted by Crippen LogP contribution is -2.11. The first-order valence-electron chi connectivity index (χ1n) is 10.0. The van der Waals surface area contributed by atoms with Gasteiger partial charge in [0, 0.05) is 0 Å². The lowest BCUT2D eigenvalue weighted by molar-refractivity contribution is 0.0333. The Bertz CT molecular complexity index is 194. The lowest BCUT2D eigenvalue weighted by Gasteiger charge is -2.11. The van der Waals surface area contributed by atoms with Gasteiger partial charge in [-0.2, -0.15) is 0 Å². The van der Waals surface area contributed by atoms with Crippen molar-refractivity contribution in [1.82, 2.24) is 0 Å². The average Bonchev–Trinajstić information content (AvgIpc) is 2.53. The maximum Gasteiger partial charge on any atom is 0.0701 e. The summed E-state index contributed by atoms with van der Waals surface area (Å²) in [6.45, 7) is 5.02. The molecule has 1 N–H and O–H groups in total. The first-order chi connectivity index (χ1) is 10.8. The zero-order valence-electron chi connectivity index (χ0n) is 15.5. The Morgan fingerprint density at radius 1 is 0.682 bits per heavy atom. The number of unbranched alkanes of at least 4 members (excludes halogenated alkanes) is 13. The van der Waals surface area contributed by atoms with E-state index in [9.17, 15) is 0 Å². The average molecular weight is 315 g/mol. The molecule has 0 aliphatic carbocycles. The SMILES string of the molecule is CCCCCCCCCCCCCCCCC(C)OCCO. The zero-order chi connectivity index (χ0) is 16.3. The first kappa shape index (κ1) is 21.9. The summed E-state index contributed by atoms with van der Waals surface area (Å²) >= 11 is 0. The van der Waals surface area contributed by atoms with Crippen LogP contribution in [0.25, 0.3) is 0 Å². The Hall–Kier alpha value is -0.0800. The molecule has 2 heteroatoms. The highest BCUT2D eigenvalue weighted by atomic mass is 16.5. The van der Waals surface area contributed by atoms with Gasteiger partial charge < -0.3 is 9.84 Å². The van der Waals surface area contributed by atoms with Crippen molar-refractivity contribution in [2.24, 2.45) is 0 Å². The van der Waals surface area contributed by atoms with Gasteiger partial charge in [-0.25, -0.2) is 0 Å². The van der Waals surface area contributed by atoms with Gasteiger partial charge in [-0.15, -0.1) is 0 Å². The Morgan fingerprint density at radius 2 is 1.09 bits per heavy atom. The summed E-state index contributed by atoms with van der Waals surface area (Å²) in [7, 11) is 0. The van der Waals surface area contributed by atoms with E-state index in [0.29, 0.717) is 12.7 Å². The van der Waals surface area contributed by atoms with Gasteiger partial charge in [-0.1, -0.05) is 96.8 Å². The summed E-state index contributed by atoms with van der Waals surface area (Å²) in [6, 6.07) is 0. The van der Waals surface area contributed by atoms with Crippen LogP contribution in [-0.2, 0) is 4.74 Å². The van der Waals surface area contributed by atoms with E-state index in [4.69, 9.17) is 9.84 Å². The van der Waals surface area contributed by atoms with Crippen LogP contribution in [0.5, 0.6) is 0 Å². The highest BCUT2D eigenvalue weighted by Crippen LogP contribution is 2.14. The van der Waals surface area contributed by atoms with Crippen molar-refractivity contribution in [3.8, 4) is 0 Å². The van der Waals surface area contributed by atoms with Crippen LogP contribution >= 0.6 is 0 Å². The number of ether oxygens (including phenoxy) is 1. The predicted octanol–water partition coefficient (Wildman–Crippen LogP) is 6.26. The molecule has 1 atom stereocenters. The Morgan fingerprint density at radius 3 is 1.50 bits per heavy atom. The molecule has 0 aromatic carbocycles. The fourth-order valence-corrected chi connectivity index (χ4v) is 2.96. The molecule has 0 fully saturated rings. The van der Waals surface area contributed by atoms with Gasteiger partial charge in [0.05, 0.1) is 19.3 Å². The van der Waals surface area contributed by atoms with E-state index >= 15 is 0 Å². The molecule has 0 rings (SSSR count). The summed E-state index contributed by atoms with van der Waals surface area (Å²) < 4.78 is 5.45. The molecular weight excluding hydrogens is 272 g/mol. The van der Waals surface area contributed by atoms with Crippen molar-refractivity contribution in [3.05, 3.63) is 0 Å². The van der Waals surface area contributed by atoms with Crippen LogP contribution in [0.4, 0.5) is 0 Å². The number of hydrogen-bond acceptors (Lipinski definition) is 2. The molecule has 2 nitrogen and oxygen atoms in total. The monoisotopic (exact) mass is 314 g/mol. The molecule has 0 saturated carbocycles. The van der Waals surface area contributed by atoms with Crippen molar-refractivity contribution in [2.75, 3.05) is 13.2 Å². The summed E-state index contributed by atoms with van der Waals surface area (Å²) in [5.74, 6) is 0. The van der Waals surface area contributed by atoms with E-state index in [2.05, 4.69) is 13.8 Å². The fraction of sp³-hybridized carbons (Fsp3) is 1.00. The zero-order valence-corrected chi connectivity index (χ0v) is 15.5. The minimum atomic E-state index is 0.142. The number of aliphatic hydroxyl groups excluding tert-OH is 1. The van der Waals surface area contributed by atoms with Gasteiger partial charge in [0.2, 0.25) is 0 Å². The summed E-state index contributed by atoms with van der Waals surface area (Å²) in [5.41, 5.74) is 0. The smallest absolute Gasteiger partial charge is 0.0701 e. The Balaban J connectivity index is 3.02. The van der Waals surface area contributed by atoms with Crippen molar-refractivity contribution >= 4 is 0 Å². The quantitative estimate of drug-likeness (QED) is 0.303. The van der Waals surface area contributed by atoms with Gasteiger partial charge in [0.15, 0.2) is 0 Å². The second-order valence-corrected chi connectivity index (χ2v) is 6.79. The number of hydrogen-bond donors (Lipinski definition) is 1. The molecule has 0 bridgehead atoms. The van der Waals surface area contributed by atoms with Crippen molar-refractivity contribution in [2.45, 2.75) is 116 Å². The van der Waals surface area contributed by atoms with Gasteiger partial charge in [0.1, 0.15) is 0 Å². The molecule has 0 aromatic heterocycles. The van der Waals surface area contributed by atoms with Crippen molar-refractivity contribution in [3.63, 3.8) is 0 Å². The van der Waals surface area contributed by atoms with Crippen LogP contribution in [0.2, 0.25) is 0 Å². The fourth-order valence-electron chi connectivity index (χ4n) is 2.96. The lowest BCUT2D eigenvalue weighted by atomic mass is 10.0. The highest BCUT2D eigenvalue weighted by Gasteiger charge is 2.01. The predicted molar refractivity (Wildman–Crippen MR) is 97.4 cm³/mol. The third-order valence-electron chi connectivity index (χ3n) is 4.46. The molecule has 0 aliphatic rings. The van der Waals surface area contributed by atoms with Crippen LogP contribution in [0.3, 0.4) is 0 Å². The standard InChI is InChI=1S/C20H42O2/c1-3-4-5-6-7-8-9-10-11-12-13-14-15-16-17-20(2)22-19-18-21/h20-21H,3-19H2,1-2H3. The van der Waals surface area contributed by atoms with Gasteiger partial charge in [0.25, 0.3) is 0 Å². The maximum absolute atomic E-state index is 8.68. The first-order valence-corrected chi connectivity index (χ1v) is 10.0. The van der Waals surface area contributed by atoms with E-state index in [1.807, 2.05) is 0 Å². The minimum Gasteiger partial charge on any atom is -0.394 e. The summed E-state index contributed by atoms with van der Waals surface area (Å²) in [6.07, 6.45) is 21.2. The molecule has 0 heterocycles. The molecule has 134 valence electrons. The van der Waals surface area contributed by atoms with Crippen molar-refractivity contribution in [1.29, 1.82) is 0 Å². The van der Waals surface area contributed by atoms with Crippen LogP contribution in [0.15, 0.2) is 0 Å². The molecule has 0 aromatic rings. The molecule has 0 radical (unpaired) electrons. The molecular formula is C20H42O2. The minimum absolute atomic E-state index is 0.142. The molecule has 0 spiro atoms. The molecule has 0 saturated heterocycles. The van der Waals surface area contributed by atoms with Crippen LogP contribution in [0.1, 0.15) is 110 Å². The van der Waals surface area contributed by atoms with Gasteiger partial charge in [-0.05, 0) is 13.3 Å². The highest BCUT2D eigenvalue weighted by molar-refractivity contribution is 4.53. The maximum atomic E-state index is 8.68. The second-order valence-electron chi connectivity index (χ2n) is 6.79. The molecule has 0 aliphatic heterocycles. The molecule has 1 unspecified atom stereocenters. The largest absolute Gasteiger partial charge is 0.394 e. The van der Waals surface area contributed by atoms with E-state index in [1.54, 1.807) is 0 Å².